The molecule has 0 aliphatic carbocycles. The van der Waals surface area contributed by atoms with E-state index >= 15 is 0 Å². The number of benzene rings is 2. The van der Waals surface area contributed by atoms with Crippen molar-refractivity contribution in [2.75, 3.05) is 6.61 Å². The van der Waals surface area contributed by atoms with E-state index in [0.717, 1.165) is 10.0 Å². The zero-order chi connectivity index (χ0) is 16.2. The average molecular weight is 384 g/mol. The molecule has 0 aliphatic rings. The summed E-state index contributed by atoms with van der Waals surface area (Å²) >= 11 is 3.36. The van der Waals surface area contributed by atoms with Gasteiger partial charge in [-0.2, -0.15) is 0 Å². The number of rotatable bonds is 6. The van der Waals surface area contributed by atoms with E-state index in [1.165, 1.54) is 0 Å². The van der Waals surface area contributed by atoms with E-state index in [1.54, 1.807) is 24.3 Å². The molecule has 0 unspecified atom stereocenters. The summed E-state index contributed by atoms with van der Waals surface area (Å²) in [5, 5.41) is 0. The summed E-state index contributed by atoms with van der Waals surface area (Å²) < 4.78 is 33.7. The first kappa shape index (κ1) is 17.0. The zero-order valence-electron chi connectivity index (χ0n) is 12.4. The van der Waals surface area contributed by atoms with Gasteiger partial charge in [0, 0.05) is 10.5 Å². The molecule has 0 radical (unpaired) electrons. The third kappa shape index (κ3) is 4.32. The maximum Gasteiger partial charge on any atom is 0.241 e. The molecule has 0 spiro atoms. The Morgan fingerprint density at radius 3 is 2.23 bits per heavy atom. The van der Waals surface area contributed by atoms with Crippen molar-refractivity contribution in [3.8, 4) is 5.75 Å². The van der Waals surface area contributed by atoms with Crippen molar-refractivity contribution in [1.29, 1.82) is 0 Å². The topological polar surface area (TPSA) is 55.4 Å². The van der Waals surface area contributed by atoms with Crippen molar-refractivity contribution in [3.05, 3.63) is 58.6 Å². The predicted octanol–water partition coefficient (Wildman–Crippen LogP) is 3.89. The molecular formula is C16H18BrNO3S. The van der Waals surface area contributed by atoms with E-state index in [2.05, 4.69) is 20.7 Å². The number of hydrogen-bond acceptors (Lipinski definition) is 3. The first-order valence-corrected chi connectivity index (χ1v) is 9.20. The van der Waals surface area contributed by atoms with Crippen LogP contribution in [0.25, 0.3) is 0 Å². The molecule has 118 valence electrons. The molecule has 0 fully saturated rings. The van der Waals surface area contributed by atoms with Gasteiger partial charge in [0.2, 0.25) is 10.0 Å². The monoisotopic (exact) mass is 383 g/mol. The molecule has 1 N–H and O–H groups in total. The largest absolute Gasteiger partial charge is 0.494 e. The highest BCUT2D eigenvalue weighted by atomic mass is 79.9. The highest BCUT2D eigenvalue weighted by Crippen LogP contribution is 2.20. The summed E-state index contributed by atoms with van der Waals surface area (Å²) in [7, 11) is -3.57. The van der Waals surface area contributed by atoms with Crippen molar-refractivity contribution in [2.24, 2.45) is 0 Å². The Balaban J connectivity index is 2.14. The summed E-state index contributed by atoms with van der Waals surface area (Å²) in [4.78, 5) is 0.222. The predicted molar refractivity (Wildman–Crippen MR) is 90.5 cm³/mol. The van der Waals surface area contributed by atoms with Crippen molar-refractivity contribution in [2.45, 2.75) is 24.8 Å². The van der Waals surface area contributed by atoms with Gasteiger partial charge in [-0.1, -0.05) is 28.1 Å². The van der Waals surface area contributed by atoms with Gasteiger partial charge < -0.3 is 4.74 Å². The normalized spacial score (nSPS) is 12.9. The minimum Gasteiger partial charge on any atom is -0.494 e. The summed E-state index contributed by atoms with van der Waals surface area (Å²) in [5.41, 5.74) is 0.901. The van der Waals surface area contributed by atoms with Crippen LogP contribution in [-0.2, 0) is 10.0 Å². The lowest BCUT2D eigenvalue weighted by molar-refractivity contribution is 0.340. The van der Waals surface area contributed by atoms with Gasteiger partial charge in [0.15, 0.2) is 0 Å². The molecule has 0 saturated carbocycles. The molecule has 0 bridgehead atoms. The van der Waals surface area contributed by atoms with Crippen molar-refractivity contribution >= 4 is 26.0 Å². The molecule has 0 heterocycles. The highest BCUT2D eigenvalue weighted by molar-refractivity contribution is 9.10. The van der Waals surface area contributed by atoms with E-state index in [4.69, 9.17) is 4.74 Å². The molecule has 2 aromatic rings. The minimum absolute atomic E-state index is 0.222. The molecule has 2 rings (SSSR count). The van der Waals surface area contributed by atoms with Gasteiger partial charge in [-0.15, -0.1) is 0 Å². The molecule has 22 heavy (non-hydrogen) atoms. The van der Waals surface area contributed by atoms with Crippen LogP contribution < -0.4 is 9.46 Å². The number of hydrogen-bond donors (Lipinski definition) is 1. The van der Waals surface area contributed by atoms with Crippen LogP contribution in [0.2, 0.25) is 0 Å². The van der Waals surface area contributed by atoms with Gasteiger partial charge in [-0.25, -0.2) is 13.1 Å². The second kappa shape index (κ2) is 7.26. The van der Waals surface area contributed by atoms with Gasteiger partial charge in [0.1, 0.15) is 5.75 Å². The van der Waals surface area contributed by atoms with E-state index in [-0.39, 0.29) is 10.9 Å². The molecule has 0 aliphatic heterocycles. The summed E-state index contributed by atoms with van der Waals surface area (Å²) in [5.74, 6) is 0.655. The number of ether oxygens (including phenoxy) is 1. The first-order chi connectivity index (χ1) is 10.4. The maximum absolute atomic E-state index is 12.4. The Kier molecular flexibility index (Phi) is 5.61. The average Bonchev–Trinajstić information content (AvgIpc) is 2.48. The van der Waals surface area contributed by atoms with E-state index in [1.807, 2.05) is 38.1 Å². The van der Waals surface area contributed by atoms with E-state index in [0.29, 0.717) is 12.4 Å². The second-order valence-electron chi connectivity index (χ2n) is 4.80. The molecule has 0 amide bonds. The van der Waals surface area contributed by atoms with Gasteiger partial charge in [0.05, 0.1) is 11.5 Å². The first-order valence-electron chi connectivity index (χ1n) is 6.93. The fourth-order valence-corrected chi connectivity index (χ4v) is 3.50. The quantitative estimate of drug-likeness (QED) is 0.822. The number of nitrogens with one attached hydrogen (secondary N) is 1. The summed E-state index contributed by atoms with van der Waals surface area (Å²) in [6.07, 6.45) is 0. The number of sulfonamides is 1. The summed E-state index contributed by atoms with van der Waals surface area (Å²) in [6.45, 7) is 4.24. The number of halogens is 1. The van der Waals surface area contributed by atoms with Crippen LogP contribution in [0.3, 0.4) is 0 Å². The second-order valence-corrected chi connectivity index (χ2v) is 7.43. The van der Waals surface area contributed by atoms with Crippen molar-refractivity contribution in [3.63, 3.8) is 0 Å². The van der Waals surface area contributed by atoms with E-state index in [9.17, 15) is 8.42 Å². The van der Waals surface area contributed by atoms with Crippen LogP contribution in [-0.4, -0.2) is 15.0 Å². The van der Waals surface area contributed by atoms with Crippen molar-refractivity contribution < 1.29 is 13.2 Å². The highest BCUT2D eigenvalue weighted by Gasteiger charge is 2.18. The van der Waals surface area contributed by atoms with Crippen LogP contribution in [0.15, 0.2) is 57.9 Å². The molecule has 1 atom stereocenters. The van der Waals surface area contributed by atoms with Gasteiger partial charge in [0.25, 0.3) is 0 Å². The Bertz CT molecular complexity index is 712. The zero-order valence-corrected chi connectivity index (χ0v) is 14.8. The minimum atomic E-state index is -3.57. The summed E-state index contributed by atoms with van der Waals surface area (Å²) in [6, 6.07) is 13.6. The Morgan fingerprint density at radius 2 is 1.68 bits per heavy atom. The van der Waals surface area contributed by atoms with Crippen LogP contribution in [0.4, 0.5) is 0 Å². The molecule has 2 aromatic carbocycles. The SMILES string of the molecule is CCOc1ccc(S(=O)(=O)N[C@H](C)c2ccc(Br)cc2)cc1. The van der Waals surface area contributed by atoms with Crippen LogP contribution in [0, 0.1) is 0 Å². The van der Waals surface area contributed by atoms with Gasteiger partial charge >= 0.3 is 0 Å². The van der Waals surface area contributed by atoms with Crippen molar-refractivity contribution in [1.82, 2.24) is 4.72 Å². The lowest BCUT2D eigenvalue weighted by Crippen LogP contribution is -2.26. The maximum atomic E-state index is 12.4. The van der Waals surface area contributed by atoms with E-state index < -0.39 is 10.0 Å². The third-order valence-electron chi connectivity index (χ3n) is 3.15. The standard InChI is InChI=1S/C16H18BrNO3S/c1-3-21-15-8-10-16(11-9-15)22(19,20)18-12(2)13-4-6-14(17)7-5-13/h4-12,18H,3H2,1-2H3/t12-/m1/s1. The molecule has 4 nitrogen and oxygen atoms in total. The fourth-order valence-electron chi connectivity index (χ4n) is 2.00. The van der Waals surface area contributed by atoms with Crippen LogP contribution in [0.1, 0.15) is 25.5 Å². The molecule has 0 aromatic heterocycles. The third-order valence-corrected chi connectivity index (χ3v) is 5.23. The Morgan fingerprint density at radius 1 is 1.09 bits per heavy atom. The van der Waals surface area contributed by atoms with Crippen LogP contribution in [0.5, 0.6) is 5.75 Å². The molecular weight excluding hydrogens is 366 g/mol. The van der Waals surface area contributed by atoms with Gasteiger partial charge in [-0.3, -0.25) is 0 Å². The van der Waals surface area contributed by atoms with Gasteiger partial charge in [-0.05, 0) is 55.8 Å². The van der Waals surface area contributed by atoms with Crippen LogP contribution >= 0.6 is 15.9 Å². The lowest BCUT2D eigenvalue weighted by atomic mass is 10.1. The fraction of sp³-hybridized carbons (Fsp3) is 0.250. The lowest BCUT2D eigenvalue weighted by Gasteiger charge is -2.15. The Labute approximate surface area is 139 Å². The molecule has 0 saturated heterocycles. The smallest absolute Gasteiger partial charge is 0.241 e. The Hall–Kier alpha value is -1.37. The molecule has 6 heteroatoms.